The molecule has 3 heterocycles. The molecule has 6 heteroatoms. The van der Waals surface area contributed by atoms with Crippen LogP contribution in [0.4, 0.5) is 0 Å². The van der Waals surface area contributed by atoms with E-state index in [2.05, 4.69) is 23.1 Å². The number of carbonyl (C=O) groups is 1. The topological polar surface area (TPSA) is 69.9 Å². The fourth-order valence-corrected chi connectivity index (χ4v) is 3.86. The Balaban J connectivity index is 2.00. The van der Waals surface area contributed by atoms with E-state index < -0.39 is 0 Å². The second-order valence-electron chi connectivity index (χ2n) is 7.45. The lowest BCUT2D eigenvalue weighted by molar-refractivity contribution is -0.137. The Morgan fingerprint density at radius 3 is 2.76 bits per heavy atom. The molecule has 150 valence electrons. The Morgan fingerprint density at radius 1 is 1.28 bits per heavy atom. The van der Waals surface area contributed by atoms with E-state index in [0.29, 0.717) is 12.5 Å². The van der Waals surface area contributed by atoms with Crippen LogP contribution in [-0.4, -0.2) is 32.3 Å². The van der Waals surface area contributed by atoms with Crippen LogP contribution in [0.1, 0.15) is 55.8 Å². The summed E-state index contributed by atoms with van der Waals surface area (Å²) in [5.41, 5.74) is 6.03. The average molecular weight is 390 g/mol. The molecule has 1 aliphatic rings. The van der Waals surface area contributed by atoms with Crippen LogP contribution in [-0.2, 0) is 16.1 Å². The summed E-state index contributed by atoms with van der Waals surface area (Å²) < 4.78 is 7.04. The summed E-state index contributed by atoms with van der Waals surface area (Å²) in [5, 5.41) is 5.53. The molecule has 0 bridgehead atoms. The SMILES string of the molecule is CCOC(=O)/C=C/c1c(C2CCC2)nc2c(cnn2CC)c1-c1cncc(C)c1. The van der Waals surface area contributed by atoms with Crippen molar-refractivity contribution in [3.8, 4) is 11.1 Å². The number of carbonyl (C=O) groups excluding carboxylic acids is 1. The molecule has 0 radical (unpaired) electrons. The number of fused-ring (bicyclic) bond motifs is 1. The van der Waals surface area contributed by atoms with Gasteiger partial charge in [0.1, 0.15) is 0 Å². The minimum atomic E-state index is -0.343. The van der Waals surface area contributed by atoms with Gasteiger partial charge in [0.15, 0.2) is 5.65 Å². The van der Waals surface area contributed by atoms with E-state index in [0.717, 1.165) is 58.4 Å². The predicted molar refractivity (Wildman–Crippen MR) is 113 cm³/mol. The lowest BCUT2D eigenvalue weighted by atomic mass is 9.79. The van der Waals surface area contributed by atoms with E-state index in [1.165, 1.54) is 12.5 Å². The molecular weight excluding hydrogens is 364 g/mol. The third-order valence-corrected chi connectivity index (χ3v) is 5.48. The summed E-state index contributed by atoms with van der Waals surface area (Å²) in [6, 6.07) is 2.12. The molecule has 29 heavy (non-hydrogen) atoms. The number of rotatable bonds is 6. The van der Waals surface area contributed by atoms with Crippen molar-refractivity contribution in [1.29, 1.82) is 0 Å². The largest absolute Gasteiger partial charge is 0.463 e. The highest BCUT2D eigenvalue weighted by atomic mass is 16.5. The van der Waals surface area contributed by atoms with Gasteiger partial charge in [-0.1, -0.05) is 6.42 Å². The molecule has 0 atom stereocenters. The number of aromatic nitrogens is 4. The highest BCUT2D eigenvalue weighted by Crippen LogP contribution is 2.42. The van der Waals surface area contributed by atoms with Gasteiger partial charge in [0.05, 0.1) is 18.5 Å². The lowest BCUT2D eigenvalue weighted by Crippen LogP contribution is -2.14. The highest BCUT2D eigenvalue weighted by Gasteiger charge is 2.27. The van der Waals surface area contributed by atoms with Gasteiger partial charge in [0.25, 0.3) is 0 Å². The van der Waals surface area contributed by atoms with Crippen LogP contribution in [0.25, 0.3) is 28.2 Å². The Bertz CT molecular complexity index is 1080. The molecule has 6 nitrogen and oxygen atoms in total. The molecule has 0 N–H and O–H groups in total. The highest BCUT2D eigenvalue weighted by molar-refractivity contribution is 5.99. The first-order chi connectivity index (χ1) is 14.1. The van der Waals surface area contributed by atoms with Crippen LogP contribution < -0.4 is 0 Å². The fraction of sp³-hybridized carbons (Fsp3) is 0.391. The van der Waals surface area contributed by atoms with Crippen molar-refractivity contribution in [2.24, 2.45) is 0 Å². The zero-order valence-corrected chi connectivity index (χ0v) is 17.2. The van der Waals surface area contributed by atoms with Gasteiger partial charge in [0, 0.05) is 53.0 Å². The zero-order valence-electron chi connectivity index (χ0n) is 17.2. The van der Waals surface area contributed by atoms with Gasteiger partial charge in [-0.25, -0.2) is 14.5 Å². The Morgan fingerprint density at radius 2 is 2.10 bits per heavy atom. The summed E-state index contributed by atoms with van der Waals surface area (Å²) in [5.74, 6) is 0.0581. The molecule has 4 rings (SSSR count). The monoisotopic (exact) mass is 390 g/mol. The van der Waals surface area contributed by atoms with Crippen molar-refractivity contribution in [2.75, 3.05) is 6.61 Å². The first-order valence-corrected chi connectivity index (χ1v) is 10.3. The van der Waals surface area contributed by atoms with Crippen molar-refractivity contribution >= 4 is 23.1 Å². The number of hydrogen-bond acceptors (Lipinski definition) is 5. The third-order valence-electron chi connectivity index (χ3n) is 5.48. The van der Waals surface area contributed by atoms with Crippen molar-refractivity contribution < 1.29 is 9.53 Å². The Hall–Kier alpha value is -3.02. The number of esters is 1. The second-order valence-corrected chi connectivity index (χ2v) is 7.45. The van der Waals surface area contributed by atoms with Crippen molar-refractivity contribution in [1.82, 2.24) is 19.7 Å². The van der Waals surface area contributed by atoms with Crippen LogP contribution in [0.3, 0.4) is 0 Å². The molecule has 3 aromatic heterocycles. The summed E-state index contributed by atoms with van der Waals surface area (Å²) in [7, 11) is 0. The first kappa shape index (κ1) is 19.3. The van der Waals surface area contributed by atoms with Crippen LogP contribution >= 0.6 is 0 Å². The van der Waals surface area contributed by atoms with Crippen LogP contribution in [0, 0.1) is 6.92 Å². The molecule has 1 saturated carbocycles. The van der Waals surface area contributed by atoms with Crippen molar-refractivity contribution in [2.45, 2.75) is 52.5 Å². The van der Waals surface area contributed by atoms with E-state index in [9.17, 15) is 4.79 Å². The van der Waals surface area contributed by atoms with E-state index in [4.69, 9.17) is 9.72 Å². The third kappa shape index (κ3) is 3.67. The Labute approximate surface area is 170 Å². The summed E-state index contributed by atoms with van der Waals surface area (Å²) in [6.45, 7) is 7.02. The second kappa shape index (κ2) is 8.15. The van der Waals surface area contributed by atoms with Crippen LogP contribution in [0.2, 0.25) is 0 Å². The van der Waals surface area contributed by atoms with Gasteiger partial charge in [-0.05, 0) is 51.3 Å². The maximum absolute atomic E-state index is 12.0. The minimum Gasteiger partial charge on any atom is -0.463 e. The first-order valence-electron chi connectivity index (χ1n) is 10.3. The molecule has 0 saturated heterocycles. The van der Waals surface area contributed by atoms with Gasteiger partial charge >= 0.3 is 5.97 Å². The zero-order chi connectivity index (χ0) is 20.4. The maximum Gasteiger partial charge on any atom is 0.330 e. The normalized spacial score (nSPS) is 14.4. The number of pyridine rings is 2. The van der Waals surface area contributed by atoms with Gasteiger partial charge < -0.3 is 4.74 Å². The standard InChI is InChI=1S/C23H26N4O2/c1-4-27-23-19(14-25-27)21(17-11-15(3)12-24-13-17)18(9-10-20(28)29-5-2)22(26-23)16-7-6-8-16/h9-14,16H,4-8H2,1-3H3/b10-9+. The molecule has 0 spiro atoms. The van der Waals surface area contributed by atoms with Gasteiger partial charge in [0.2, 0.25) is 0 Å². The minimum absolute atomic E-state index is 0.343. The molecular formula is C23H26N4O2. The number of aryl methyl sites for hydroxylation is 2. The fourth-order valence-electron chi connectivity index (χ4n) is 3.86. The predicted octanol–water partition coefficient (Wildman–Crippen LogP) is 4.67. The number of ether oxygens (including phenoxy) is 1. The summed E-state index contributed by atoms with van der Waals surface area (Å²) >= 11 is 0. The van der Waals surface area contributed by atoms with Crippen molar-refractivity contribution in [3.63, 3.8) is 0 Å². The van der Waals surface area contributed by atoms with Crippen molar-refractivity contribution in [3.05, 3.63) is 47.6 Å². The molecule has 0 unspecified atom stereocenters. The molecule has 1 fully saturated rings. The molecule has 1 aliphatic carbocycles. The van der Waals surface area contributed by atoms with Gasteiger partial charge in [-0.2, -0.15) is 5.10 Å². The molecule has 3 aromatic rings. The smallest absolute Gasteiger partial charge is 0.330 e. The van der Waals surface area contributed by atoms with E-state index >= 15 is 0 Å². The maximum atomic E-state index is 12.0. The van der Waals surface area contributed by atoms with Crippen LogP contribution in [0.15, 0.2) is 30.7 Å². The van der Waals surface area contributed by atoms with Crippen LogP contribution in [0.5, 0.6) is 0 Å². The molecule has 0 aliphatic heterocycles. The molecule has 0 aromatic carbocycles. The average Bonchev–Trinajstić information content (AvgIpc) is 3.07. The lowest BCUT2D eigenvalue weighted by Gasteiger charge is -2.27. The van der Waals surface area contributed by atoms with Gasteiger partial charge in [-0.3, -0.25) is 4.98 Å². The quantitative estimate of drug-likeness (QED) is 0.452. The van der Waals surface area contributed by atoms with E-state index in [1.54, 1.807) is 0 Å². The summed E-state index contributed by atoms with van der Waals surface area (Å²) in [6.07, 6.45) is 12.4. The molecule has 0 amide bonds. The van der Waals surface area contributed by atoms with Gasteiger partial charge in [-0.15, -0.1) is 0 Å². The summed E-state index contributed by atoms with van der Waals surface area (Å²) in [4.78, 5) is 21.5. The number of hydrogen-bond donors (Lipinski definition) is 0. The van der Waals surface area contributed by atoms with E-state index in [1.807, 2.05) is 43.2 Å². The number of nitrogens with zero attached hydrogens (tertiary/aromatic N) is 4. The Kier molecular flexibility index (Phi) is 5.43. The van der Waals surface area contributed by atoms with E-state index in [-0.39, 0.29) is 5.97 Å².